The Morgan fingerprint density at radius 3 is 2.29 bits per heavy atom. The van der Waals surface area contributed by atoms with Gasteiger partial charge in [0.1, 0.15) is 35.1 Å². The third-order valence-corrected chi connectivity index (χ3v) is 13.7. The zero-order valence-electron chi connectivity index (χ0n) is 39.0. The van der Waals surface area contributed by atoms with Crippen molar-refractivity contribution in [1.82, 2.24) is 10.2 Å². The molecule has 0 radical (unpaired) electrons. The maximum absolute atomic E-state index is 14.4. The molecule has 358 valence electrons. The number of aliphatic hydroxyl groups excluding tert-OH is 2. The van der Waals surface area contributed by atoms with Gasteiger partial charge in [0, 0.05) is 43.1 Å². The fourth-order valence-electron chi connectivity index (χ4n) is 9.61. The summed E-state index contributed by atoms with van der Waals surface area (Å²) in [6, 6.07) is 6.99. The van der Waals surface area contributed by atoms with Crippen molar-refractivity contribution in [3.8, 4) is 0 Å². The molecule has 3 heterocycles. The number of cyclic esters (lactones) is 1. The van der Waals surface area contributed by atoms with Crippen LogP contribution in [0.15, 0.2) is 35.4 Å². The fourth-order valence-corrected chi connectivity index (χ4v) is 9.61. The molecule has 63 heavy (non-hydrogen) atoms. The molecule has 3 aliphatic rings. The van der Waals surface area contributed by atoms with E-state index in [0.717, 1.165) is 0 Å². The molecule has 19 heteroatoms. The lowest BCUT2D eigenvalue weighted by molar-refractivity contribution is -0.335. The van der Waals surface area contributed by atoms with Crippen molar-refractivity contribution >= 4 is 17.7 Å². The van der Waals surface area contributed by atoms with E-state index in [9.17, 15) is 35.1 Å². The van der Waals surface area contributed by atoms with Crippen molar-refractivity contribution in [2.24, 2.45) is 22.9 Å². The van der Waals surface area contributed by atoms with Crippen LogP contribution in [0.4, 0.5) is 10.5 Å². The van der Waals surface area contributed by atoms with Gasteiger partial charge >= 0.3 is 12.0 Å². The lowest BCUT2D eigenvalue weighted by Gasteiger charge is -2.53. The number of azide groups is 1. The fraction of sp³-hybridized carbons (Fsp3) is 0.818. The van der Waals surface area contributed by atoms with Gasteiger partial charge in [-0.3, -0.25) is 4.79 Å². The average Bonchev–Trinajstić information content (AvgIpc) is 3.23. The Morgan fingerprint density at radius 1 is 1.03 bits per heavy atom. The molecular formula is C44H74N6O13. The van der Waals surface area contributed by atoms with Crippen molar-refractivity contribution in [1.29, 1.82) is 0 Å². The molecule has 0 bridgehead atoms. The monoisotopic (exact) mass is 895 g/mol. The van der Waals surface area contributed by atoms with E-state index in [1.807, 2.05) is 13.0 Å². The van der Waals surface area contributed by atoms with Gasteiger partial charge in [-0.15, -0.1) is 0 Å². The molecule has 3 fully saturated rings. The van der Waals surface area contributed by atoms with Gasteiger partial charge in [-0.05, 0) is 97.9 Å². The van der Waals surface area contributed by atoms with Gasteiger partial charge in [0.2, 0.25) is 0 Å². The van der Waals surface area contributed by atoms with Gasteiger partial charge < -0.3 is 69.5 Å². The molecule has 3 aliphatic heterocycles. The lowest BCUT2D eigenvalue weighted by atomic mass is 9.75. The van der Waals surface area contributed by atoms with Crippen molar-refractivity contribution in [3.63, 3.8) is 0 Å². The number of carbonyl (C=O) groups excluding carboxylic acids is 2. The number of hydrogen-bond acceptors (Lipinski definition) is 15. The Hall–Kier alpha value is -3.17. The second-order valence-corrected chi connectivity index (χ2v) is 18.8. The van der Waals surface area contributed by atoms with Crippen molar-refractivity contribution < 1.29 is 63.5 Å². The van der Waals surface area contributed by atoms with Crippen LogP contribution in [0.3, 0.4) is 0 Å². The number of amides is 2. The molecule has 19 nitrogen and oxygen atoms in total. The van der Waals surface area contributed by atoms with E-state index in [1.165, 1.54) is 18.9 Å². The van der Waals surface area contributed by atoms with Crippen LogP contribution in [0.2, 0.25) is 0 Å². The summed E-state index contributed by atoms with van der Waals surface area (Å²) in [5.41, 5.74) is 2.90. The number of rotatable bonds is 10. The van der Waals surface area contributed by atoms with Crippen LogP contribution < -0.4 is 10.6 Å². The van der Waals surface area contributed by atoms with Crippen LogP contribution in [0.1, 0.15) is 94.9 Å². The van der Waals surface area contributed by atoms with E-state index in [-0.39, 0.29) is 38.1 Å². The highest BCUT2D eigenvalue weighted by Gasteiger charge is 2.58. The SMILES string of the molecule is CC[C@H]1OC(=O)[C@H](C)[C@@H](O[C@H]2C[C@@](C)(OC)[C@](O)(CN=[N+]=[N-])[C@H](C)O2)[C@H](C)[C@@H](O[C@@H]2O[C@H](C)C[C@H](N(C)C(=O)Nc3ccccc3)[C@H]2O)[C@](C)(O)C[C@@H](C)CN[C@H](C)[C@@H](O)[C@]1(C)O. The van der Waals surface area contributed by atoms with E-state index in [0.29, 0.717) is 12.2 Å². The molecule has 18 atom stereocenters. The van der Waals surface area contributed by atoms with E-state index in [4.69, 9.17) is 34.0 Å². The number of hydrogen-bond donors (Lipinski definition) is 7. The van der Waals surface area contributed by atoms with Gasteiger partial charge in [0.25, 0.3) is 0 Å². The number of aliphatic hydroxyl groups is 5. The molecule has 1 aromatic carbocycles. The topological polar surface area (TPSA) is 267 Å². The van der Waals surface area contributed by atoms with Gasteiger partial charge in [0.05, 0.1) is 48.5 Å². The number of ether oxygens (including phenoxy) is 6. The minimum absolute atomic E-state index is 0.0989. The number of anilines is 1. The summed E-state index contributed by atoms with van der Waals surface area (Å²) in [6.45, 7) is 16.6. The van der Waals surface area contributed by atoms with Crippen LogP contribution in [0, 0.1) is 17.8 Å². The second-order valence-electron chi connectivity index (χ2n) is 18.8. The zero-order chi connectivity index (χ0) is 47.2. The van der Waals surface area contributed by atoms with Crippen LogP contribution in [-0.4, -0.2) is 159 Å². The Kier molecular flexibility index (Phi) is 17.8. The number of esters is 1. The number of urea groups is 1. The predicted molar refractivity (Wildman–Crippen MR) is 232 cm³/mol. The Balaban J connectivity index is 1.80. The minimum atomic E-state index is -1.88. The maximum atomic E-state index is 14.4. The van der Waals surface area contributed by atoms with Crippen molar-refractivity contribution in [2.75, 3.05) is 32.6 Å². The zero-order valence-corrected chi connectivity index (χ0v) is 39.0. The van der Waals surface area contributed by atoms with Crippen LogP contribution in [0.5, 0.6) is 0 Å². The Morgan fingerprint density at radius 2 is 1.68 bits per heavy atom. The first-order valence-electron chi connectivity index (χ1n) is 22.1. The first kappa shape index (κ1) is 52.5. The number of carbonyl (C=O) groups is 2. The standard InChI is InChI=1S/C44H74N6O13/c1-13-32-43(10,56)36(52)28(6)46-22-24(2)20-41(8,55)37(63-39-34(51)31(19-25(3)59-39)50(11)40(54)48-30-17-15-14-16-18-30)26(4)35(27(5)38(53)61-32)62-33-21-42(9,58-12)44(57,23-47-49-45)29(7)60-33/h14-18,24-29,31-37,39,46,51-52,55-57H,13,19-23H2,1-12H3,(H,48,54)/t24-,25-,26+,27-,28-,29+,31+,32-,33+,34-,35+,36-,37-,39+,41-,42-,43-,44+/m1/s1. The molecule has 2 amide bonds. The molecule has 3 saturated heterocycles. The van der Waals surface area contributed by atoms with E-state index < -0.39 is 114 Å². The molecule has 0 spiro atoms. The summed E-state index contributed by atoms with van der Waals surface area (Å²) in [4.78, 5) is 32.1. The predicted octanol–water partition coefficient (Wildman–Crippen LogP) is 3.84. The summed E-state index contributed by atoms with van der Waals surface area (Å²) in [5.74, 6) is -3.15. The maximum Gasteiger partial charge on any atom is 0.321 e. The van der Waals surface area contributed by atoms with Gasteiger partial charge in [-0.25, -0.2) is 4.79 Å². The summed E-state index contributed by atoms with van der Waals surface area (Å²) < 4.78 is 37.9. The number of methoxy groups -OCH3 is 1. The van der Waals surface area contributed by atoms with Gasteiger partial charge in [0.15, 0.2) is 12.6 Å². The quantitative estimate of drug-likeness (QED) is 0.0762. The highest BCUT2D eigenvalue weighted by Crippen LogP contribution is 2.43. The molecule has 0 aliphatic carbocycles. The highest BCUT2D eigenvalue weighted by molar-refractivity contribution is 5.89. The molecule has 7 N–H and O–H groups in total. The summed E-state index contributed by atoms with van der Waals surface area (Å²) in [5, 5.41) is 69.3. The average molecular weight is 895 g/mol. The van der Waals surface area contributed by atoms with Crippen LogP contribution in [0.25, 0.3) is 10.4 Å². The Bertz CT molecular complexity index is 1710. The lowest BCUT2D eigenvalue weighted by Crippen LogP contribution is -2.68. The number of nitrogens with zero attached hydrogens (tertiary/aromatic N) is 4. The minimum Gasteiger partial charge on any atom is -0.459 e. The van der Waals surface area contributed by atoms with E-state index in [1.54, 1.807) is 86.7 Å². The third kappa shape index (κ3) is 11.8. The normalized spacial score (nSPS) is 43.3. The van der Waals surface area contributed by atoms with Gasteiger partial charge in [-0.1, -0.05) is 44.1 Å². The third-order valence-electron chi connectivity index (χ3n) is 13.7. The van der Waals surface area contributed by atoms with Gasteiger partial charge in [-0.2, -0.15) is 0 Å². The molecule has 0 saturated carbocycles. The smallest absolute Gasteiger partial charge is 0.321 e. The second kappa shape index (κ2) is 21.4. The van der Waals surface area contributed by atoms with Crippen LogP contribution in [-0.2, 0) is 33.2 Å². The van der Waals surface area contributed by atoms with Crippen molar-refractivity contribution in [3.05, 3.63) is 40.8 Å². The number of para-hydroxylation sites is 1. The summed E-state index contributed by atoms with van der Waals surface area (Å²) in [6.07, 6.45) is -10.0. The number of nitrogens with one attached hydrogen (secondary N) is 2. The summed E-state index contributed by atoms with van der Waals surface area (Å²) in [7, 11) is 2.97. The van der Waals surface area contributed by atoms with Crippen molar-refractivity contribution in [2.45, 2.75) is 185 Å². The van der Waals surface area contributed by atoms with Crippen LogP contribution >= 0.6 is 0 Å². The first-order valence-corrected chi connectivity index (χ1v) is 22.1. The molecule has 0 aromatic heterocycles. The largest absolute Gasteiger partial charge is 0.459 e. The number of benzene rings is 1. The Labute approximate surface area is 371 Å². The van der Waals surface area contributed by atoms with E-state index in [2.05, 4.69) is 20.7 Å². The highest BCUT2D eigenvalue weighted by atomic mass is 16.7. The number of likely N-dealkylation sites (N-methyl/N-ethyl adjacent to an activating group) is 1. The molecule has 4 rings (SSSR count). The summed E-state index contributed by atoms with van der Waals surface area (Å²) >= 11 is 0. The molecule has 1 aromatic rings. The molecular weight excluding hydrogens is 821 g/mol. The van der Waals surface area contributed by atoms with E-state index >= 15 is 0 Å². The molecule has 0 unspecified atom stereocenters. The first-order chi connectivity index (χ1) is 29.4.